The smallest absolute Gasteiger partial charge is 0.416 e. The highest BCUT2D eigenvalue weighted by atomic mass is 79.9. The van der Waals surface area contributed by atoms with E-state index in [1.165, 1.54) is 30.3 Å². The average molecular weight is 363 g/mol. The molecule has 21 heavy (non-hydrogen) atoms. The van der Waals surface area contributed by atoms with Gasteiger partial charge in [0, 0.05) is 5.33 Å². The largest absolute Gasteiger partial charge is 0.457 e. The predicted octanol–water partition coefficient (Wildman–Crippen LogP) is 5.84. The van der Waals surface area contributed by atoms with Gasteiger partial charge in [-0.15, -0.1) is 0 Å². The topological polar surface area (TPSA) is 9.23 Å². The molecule has 0 saturated heterocycles. The van der Waals surface area contributed by atoms with Crippen molar-refractivity contribution in [2.45, 2.75) is 18.4 Å². The molecule has 0 fully saturated rings. The van der Waals surface area contributed by atoms with Gasteiger partial charge in [-0.2, -0.15) is 13.2 Å². The van der Waals surface area contributed by atoms with E-state index in [1.807, 2.05) is 0 Å². The number of ether oxygens (including phenoxy) is 1. The molecule has 112 valence electrons. The second kappa shape index (κ2) is 6.05. The summed E-state index contributed by atoms with van der Waals surface area (Å²) in [5.41, 5.74) is -0.263. The molecule has 0 aliphatic carbocycles. The quantitative estimate of drug-likeness (QED) is 0.492. The number of halogens is 5. The maximum Gasteiger partial charge on any atom is 0.416 e. The van der Waals surface area contributed by atoms with Crippen LogP contribution in [-0.2, 0) is 11.5 Å². The van der Waals surface area contributed by atoms with E-state index in [-0.39, 0.29) is 22.4 Å². The summed E-state index contributed by atoms with van der Waals surface area (Å²) in [6.07, 6.45) is -4.46. The highest BCUT2D eigenvalue weighted by molar-refractivity contribution is 9.08. The Bertz CT molecular complexity index is 653. The number of hydrogen-bond acceptors (Lipinski definition) is 1. The Morgan fingerprint density at radius 3 is 2.24 bits per heavy atom. The van der Waals surface area contributed by atoms with Crippen LogP contribution in [0.3, 0.4) is 0 Å². The summed E-state index contributed by atoms with van der Waals surface area (Å²) in [6.45, 7) is 1.55. The van der Waals surface area contributed by atoms with Gasteiger partial charge in [-0.05, 0) is 48.4 Å². The second-order valence-corrected chi connectivity index (χ2v) is 5.02. The predicted molar refractivity (Wildman–Crippen MR) is 75.3 cm³/mol. The Morgan fingerprint density at radius 2 is 1.67 bits per heavy atom. The lowest BCUT2D eigenvalue weighted by molar-refractivity contribution is -0.138. The maximum absolute atomic E-state index is 13.1. The molecule has 0 amide bonds. The van der Waals surface area contributed by atoms with E-state index in [4.69, 9.17) is 4.74 Å². The average Bonchev–Trinajstić information content (AvgIpc) is 2.42. The molecule has 0 unspecified atom stereocenters. The van der Waals surface area contributed by atoms with Crippen molar-refractivity contribution in [3.63, 3.8) is 0 Å². The van der Waals surface area contributed by atoms with Crippen molar-refractivity contribution in [3.05, 3.63) is 58.9 Å². The number of rotatable bonds is 3. The van der Waals surface area contributed by atoms with Crippen molar-refractivity contribution in [3.8, 4) is 11.5 Å². The zero-order chi connectivity index (χ0) is 15.6. The van der Waals surface area contributed by atoms with Gasteiger partial charge in [0.25, 0.3) is 0 Å². The molecule has 1 nitrogen and oxygen atoms in total. The zero-order valence-corrected chi connectivity index (χ0v) is 12.6. The Morgan fingerprint density at radius 1 is 1.05 bits per heavy atom. The Kier molecular flexibility index (Phi) is 4.56. The molecule has 0 spiro atoms. The van der Waals surface area contributed by atoms with Crippen molar-refractivity contribution in [2.75, 3.05) is 0 Å². The third kappa shape index (κ3) is 3.75. The summed E-state index contributed by atoms with van der Waals surface area (Å²) in [6, 6.07) is 7.75. The van der Waals surface area contributed by atoms with E-state index in [2.05, 4.69) is 15.9 Å². The molecule has 0 bridgehead atoms. The number of benzene rings is 2. The molecule has 2 aromatic carbocycles. The van der Waals surface area contributed by atoms with Gasteiger partial charge >= 0.3 is 6.18 Å². The van der Waals surface area contributed by atoms with Crippen molar-refractivity contribution in [1.82, 2.24) is 0 Å². The maximum atomic E-state index is 13.1. The first-order valence-corrected chi connectivity index (χ1v) is 7.13. The van der Waals surface area contributed by atoms with Crippen LogP contribution >= 0.6 is 15.9 Å². The van der Waals surface area contributed by atoms with Crippen LogP contribution in [0.2, 0.25) is 0 Å². The Balaban J connectivity index is 2.34. The first-order chi connectivity index (χ1) is 9.81. The second-order valence-electron chi connectivity index (χ2n) is 4.46. The molecule has 6 heteroatoms. The number of alkyl halides is 4. The van der Waals surface area contributed by atoms with Crippen molar-refractivity contribution in [2.24, 2.45) is 0 Å². The molecule has 0 aromatic heterocycles. The van der Waals surface area contributed by atoms with Gasteiger partial charge in [-0.3, -0.25) is 0 Å². The van der Waals surface area contributed by atoms with Crippen LogP contribution in [0.15, 0.2) is 36.4 Å². The first-order valence-electron chi connectivity index (χ1n) is 6.01. The van der Waals surface area contributed by atoms with Crippen LogP contribution in [0.25, 0.3) is 0 Å². The third-order valence-corrected chi connectivity index (χ3v) is 3.50. The van der Waals surface area contributed by atoms with E-state index in [0.29, 0.717) is 5.56 Å². The van der Waals surface area contributed by atoms with Gasteiger partial charge in [0.15, 0.2) is 0 Å². The lowest BCUT2D eigenvalue weighted by Crippen LogP contribution is -2.08. The summed E-state index contributed by atoms with van der Waals surface area (Å²) >= 11 is 3.03. The van der Waals surface area contributed by atoms with E-state index < -0.39 is 17.6 Å². The summed E-state index contributed by atoms with van der Waals surface area (Å²) in [7, 11) is 0. The number of aryl methyl sites for hydroxylation is 1. The minimum atomic E-state index is -4.46. The van der Waals surface area contributed by atoms with E-state index >= 15 is 0 Å². The highest BCUT2D eigenvalue weighted by Gasteiger charge is 2.33. The van der Waals surface area contributed by atoms with Crippen LogP contribution in [0.5, 0.6) is 11.5 Å². The van der Waals surface area contributed by atoms with Crippen molar-refractivity contribution < 1.29 is 22.3 Å². The fourth-order valence-electron chi connectivity index (χ4n) is 1.82. The van der Waals surface area contributed by atoms with Gasteiger partial charge in [-0.25, -0.2) is 4.39 Å². The molecule has 0 aliphatic rings. The zero-order valence-electron chi connectivity index (χ0n) is 11.0. The van der Waals surface area contributed by atoms with Gasteiger partial charge < -0.3 is 4.74 Å². The molecule has 0 atom stereocenters. The van der Waals surface area contributed by atoms with E-state index in [0.717, 1.165) is 6.07 Å². The number of hydrogen-bond donors (Lipinski definition) is 0. The third-order valence-electron chi connectivity index (χ3n) is 2.90. The standard InChI is InChI=1S/C15H11BrF4O/c1-9-6-11(4-5-14(9)17)21-12-3-2-10(8-16)13(7-12)15(18,19)20/h2-7H,8H2,1H3. The minimum absolute atomic E-state index is 0.0537. The molecule has 0 radical (unpaired) electrons. The van der Waals surface area contributed by atoms with Gasteiger partial charge in [0.05, 0.1) is 5.56 Å². The van der Waals surface area contributed by atoms with Crippen LogP contribution < -0.4 is 4.74 Å². The molecule has 0 aliphatic heterocycles. The molecule has 0 saturated carbocycles. The fraction of sp³-hybridized carbons (Fsp3) is 0.200. The molecule has 0 heterocycles. The molecular weight excluding hydrogens is 352 g/mol. The molecule has 2 rings (SSSR count). The van der Waals surface area contributed by atoms with Crippen LogP contribution in [0.1, 0.15) is 16.7 Å². The van der Waals surface area contributed by atoms with Crippen molar-refractivity contribution in [1.29, 1.82) is 0 Å². The first kappa shape index (κ1) is 15.8. The highest BCUT2D eigenvalue weighted by Crippen LogP contribution is 2.36. The summed E-state index contributed by atoms with van der Waals surface area (Å²) in [5.74, 6) is -0.0559. The van der Waals surface area contributed by atoms with Crippen molar-refractivity contribution >= 4 is 15.9 Å². The fourth-order valence-corrected chi connectivity index (χ4v) is 2.31. The lowest BCUT2D eigenvalue weighted by atomic mass is 10.1. The summed E-state index contributed by atoms with van der Waals surface area (Å²) in [4.78, 5) is 0. The SMILES string of the molecule is Cc1cc(Oc2ccc(CBr)c(C(F)(F)F)c2)ccc1F. The van der Waals surface area contributed by atoms with Gasteiger partial charge in [0.2, 0.25) is 0 Å². The van der Waals surface area contributed by atoms with Crippen LogP contribution in [0, 0.1) is 12.7 Å². The van der Waals surface area contributed by atoms with Gasteiger partial charge in [-0.1, -0.05) is 22.0 Å². The molecular formula is C15H11BrF4O. The normalized spacial score (nSPS) is 11.5. The summed E-state index contributed by atoms with van der Waals surface area (Å²) in [5, 5.41) is 0.0950. The van der Waals surface area contributed by atoms with Gasteiger partial charge in [0.1, 0.15) is 17.3 Å². The summed E-state index contributed by atoms with van der Waals surface area (Å²) < 4.78 is 57.4. The Labute approximate surface area is 127 Å². The minimum Gasteiger partial charge on any atom is -0.457 e. The molecule has 0 N–H and O–H groups in total. The van der Waals surface area contributed by atoms with Crippen LogP contribution in [-0.4, -0.2) is 0 Å². The molecule has 2 aromatic rings. The lowest BCUT2D eigenvalue weighted by Gasteiger charge is -2.14. The van der Waals surface area contributed by atoms with E-state index in [1.54, 1.807) is 6.92 Å². The monoisotopic (exact) mass is 362 g/mol. The Hall–Kier alpha value is -1.56. The van der Waals surface area contributed by atoms with Crippen LogP contribution in [0.4, 0.5) is 17.6 Å². The van der Waals surface area contributed by atoms with E-state index in [9.17, 15) is 17.6 Å².